The van der Waals surface area contributed by atoms with E-state index in [1.165, 1.54) is 44.3 Å². The first kappa shape index (κ1) is 15.0. The summed E-state index contributed by atoms with van der Waals surface area (Å²) in [5, 5.41) is 4.42. The molecule has 19 heavy (non-hydrogen) atoms. The van der Waals surface area contributed by atoms with Crippen molar-refractivity contribution in [2.75, 3.05) is 13.1 Å². The Morgan fingerprint density at radius 1 is 1.32 bits per heavy atom. The van der Waals surface area contributed by atoms with E-state index in [1.807, 2.05) is 0 Å². The van der Waals surface area contributed by atoms with Gasteiger partial charge in [0.25, 0.3) is 0 Å². The fourth-order valence-corrected chi connectivity index (χ4v) is 4.21. The van der Waals surface area contributed by atoms with Gasteiger partial charge in [-0.2, -0.15) is 11.3 Å². The van der Waals surface area contributed by atoms with E-state index in [9.17, 15) is 0 Å². The van der Waals surface area contributed by atoms with Crippen molar-refractivity contribution in [2.24, 2.45) is 11.1 Å². The summed E-state index contributed by atoms with van der Waals surface area (Å²) < 4.78 is 0. The minimum Gasteiger partial charge on any atom is -0.326 e. The average Bonchev–Trinajstić information content (AvgIpc) is 2.93. The summed E-state index contributed by atoms with van der Waals surface area (Å²) in [6.45, 7) is 9.24. The zero-order chi connectivity index (χ0) is 13.9. The predicted octanol–water partition coefficient (Wildman–Crippen LogP) is 4.04. The number of hydrogen-bond acceptors (Lipinski definition) is 3. The molecule has 0 saturated carbocycles. The van der Waals surface area contributed by atoms with Crippen LogP contribution in [0.2, 0.25) is 0 Å². The molecule has 1 aromatic heterocycles. The topological polar surface area (TPSA) is 29.3 Å². The zero-order valence-electron chi connectivity index (χ0n) is 12.6. The van der Waals surface area contributed by atoms with Gasteiger partial charge in [-0.15, -0.1) is 0 Å². The van der Waals surface area contributed by atoms with Gasteiger partial charge in [-0.3, -0.25) is 4.90 Å². The molecular formula is C16H28N2S. The normalized spacial score (nSPS) is 23.2. The van der Waals surface area contributed by atoms with Gasteiger partial charge in [0.2, 0.25) is 0 Å². The Morgan fingerprint density at radius 3 is 2.37 bits per heavy atom. The molecule has 2 atom stereocenters. The molecule has 108 valence electrons. The van der Waals surface area contributed by atoms with E-state index in [2.05, 4.69) is 42.5 Å². The molecule has 2 rings (SSSR count). The van der Waals surface area contributed by atoms with Crippen LogP contribution in [0.15, 0.2) is 16.8 Å². The summed E-state index contributed by atoms with van der Waals surface area (Å²) in [5.41, 5.74) is 8.25. The largest absolute Gasteiger partial charge is 0.326 e. The summed E-state index contributed by atoms with van der Waals surface area (Å²) in [7, 11) is 0. The summed E-state index contributed by atoms with van der Waals surface area (Å²) in [6.07, 6.45) is 5.29. The molecule has 1 saturated heterocycles. The molecule has 2 unspecified atom stereocenters. The van der Waals surface area contributed by atoms with Crippen LogP contribution in [0.5, 0.6) is 0 Å². The number of thiophene rings is 1. The number of nitrogens with two attached hydrogens (primary N) is 1. The summed E-state index contributed by atoms with van der Waals surface area (Å²) in [5.74, 6) is 0. The molecule has 1 aliphatic heterocycles. The lowest BCUT2D eigenvalue weighted by Gasteiger charge is -2.45. The second-order valence-electron chi connectivity index (χ2n) is 6.10. The van der Waals surface area contributed by atoms with Crippen molar-refractivity contribution in [1.82, 2.24) is 4.90 Å². The van der Waals surface area contributed by atoms with Crippen molar-refractivity contribution in [1.29, 1.82) is 0 Å². The number of nitrogens with zero attached hydrogens (tertiary/aromatic N) is 1. The molecule has 1 aromatic rings. The second kappa shape index (κ2) is 6.38. The lowest BCUT2D eigenvalue weighted by molar-refractivity contribution is 0.0588. The lowest BCUT2D eigenvalue weighted by Crippen LogP contribution is -2.46. The first-order valence-electron chi connectivity index (χ1n) is 7.63. The molecular weight excluding hydrogens is 252 g/mol. The van der Waals surface area contributed by atoms with Crippen molar-refractivity contribution in [3.05, 3.63) is 22.4 Å². The Kier molecular flexibility index (Phi) is 5.04. The molecule has 0 amide bonds. The first-order valence-corrected chi connectivity index (χ1v) is 8.58. The average molecular weight is 280 g/mol. The quantitative estimate of drug-likeness (QED) is 0.882. The van der Waals surface area contributed by atoms with Crippen LogP contribution in [0, 0.1) is 5.41 Å². The van der Waals surface area contributed by atoms with Gasteiger partial charge < -0.3 is 5.73 Å². The molecule has 1 fully saturated rings. The first-order chi connectivity index (χ1) is 9.12. The van der Waals surface area contributed by atoms with Crippen LogP contribution in [0.1, 0.15) is 58.1 Å². The minimum absolute atomic E-state index is 0.199. The molecule has 0 aliphatic carbocycles. The smallest absolute Gasteiger partial charge is 0.0504 e. The van der Waals surface area contributed by atoms with E-state index in [1.54, 1.807) is 11.3 Å². The third-order valence-corrected chi connectivity index (χ3v) is 5.84. The Hall–Kier alpha value is -0.380. The second-order valence-corrected chi connectivity index (χ2v) is 6.88. The molecule has 1 aliphatic rings. The summed E-state index contributed by atoms with van der Waals surface area (Å²) >= 11 is 1.78. The van der Waals surface area contributed by atoms with Gasteiger partial charge in [-0.25, -0.2) is 0 Å². The number of hydrogen-bond donors (Lipinski definition) is 1. The highest BCUT2D eigenvalue weighted by atomic mass is 32.1. The third kappa shape index (κ3) is 3.21. The molecule has 0 aromatic carbocycles. The van der Waals surface area contributed by atoms with Gasteiger partial charge in [0.1, 0.15) is 0 Å². The van der Waals surface area contributed by atoms with Gasteiger partial charge in [-0.1, -0.05) is 26.7 Å². The van der Waals surface area contributed by atoms with E-state index in [0.29, 0.717) is 11.5 Å². The Balaban J connectivity index is 2.06. The summed E-state index contributed by atoms with van der Waals surface area (Å²) in [6, 6.07) is 2.84. The number of likely N-dealkylation sites (tertiary alicyclic amines) is 1. The Labute approximate surface area is 122 Å². The van der Waals surface area contributed by atoms with Gasteiger partial charge in [0, 0.05) is 6.04 Å². The van der Waals surface area contributed by atoms with E-state index >= 15 is 0 Å². The van der Waals surface area contributed by atoms with Crippen molar-refractivity contribution in [2.45, 2.75) is 58.5 Å². The number of rotatable bonds is 5. The van der Waals surface area contributed by atoms with Crippen molar-refractivity contribution in [3.63, 3.8) is 0 Å². The van der Waals surface area contributed by atoms with Gasteiger partial charge >= 0.3 is 0 Å². The highest BCUT2D eigenvalue weighted by Crippen LogP contribution is 2.40. The van der Waals surface area contributed by atoms with Gasteiger partial charge in [0.05, 0.1) is 6.04 Å². The molecule has 0 spiro atoms. The van der Waals surface area contributed by atoms with Gasteiger partial charge in [0.15, 0.2) is 0 Å². The van der Waals surface area contributed by atoms with Crippen LogP contribution in [-0.4, -0.2) is 24.0 Å². The van der Waals surface area contributed by atoms with Crippen LogP contribution in [-0.2, 0) is 0 Å². The SMILES string of the molecule is CCC1(CC)CCN(C(c2ccsc2)C(C)N)CC1. The van der Waals surface area contributed by atoms with E-state index in [-0.39, 0.29) is 6.04 Å². The highest BCUT2D eigenvalue weighted by molar-refractivity contribution is 7.07. The molecule has 2 N–H and O–H groups in total. The molecule has 0 bridgehead atoms. The minimum atomic E-state index is 0.199. The van der Waals surface area contributed by atoms with E-state index in [4.69, 9.17) is 5.73 Å². The highest BCUT2D eigenvalue weighted by Gasteiger charge is 2.35. The fourth-order valence-electron chi connectivity index (χ4n) is 3.52. The van der Waals surface area contributed by atoms with Crippen LogP contribution in [0.25, 0.3) is 0 Å². The molecule has 2 nitrogen and oxygen atoms in total. The van der Waals surface area contributed by atoms with Crippen molar-refractivity contribution in [3.8, 4) is 0 Å². The standard InChI is InChI=1S/C16H28N2S/c1-4-16(5-2)7-9-18(10-8-16)15(13(3)17)14-6-11-19-12-14/h6,11-13,15H,4-5,7-10,17H2,1-3H3. The van der Waals surface area contributed by atoms with Crippen LogP contribution < -0.4 is 5.73 Å². The number of piperidine rings is 1. The van der Waals surface area contributed by atoms with Crippen molar-refractivity contribution < 1.29 is 0 Å². The van der Waals surface area contributed by atoms with E-state index in [0.717, 1.165) is 0 Å². The van der Waals surface area contributed by atoms with Gasteiger partial charge in [-0.05, 0) is 60.7 Å². The Morgan fingerprint density at radius 2 is 1.95 bits per heavy atom. The Bertz CT molecular complexity index is 358. The predicted molar refractivity (Wildman–Crippen MR) is 84.5 cm³/mol. The third-order valence-electron chi connectivity index (χ3n) is 5.13. The lowest BCUT2D eigenvalue weighted by atomic mass is 9.73. The van der Waals surface area contributed by atoms with Crippen LogP contribution >= 0.6 is 11.3 Å². The molecule has 0 radical (unpaired) electrons. The molecule has 3 heteroatoms. The summed E-state index contributed by atoms with van der Waals surface area (Å²) in [4.78, 5) is 2.61. The fraction of sp³-hybridized carbons (Fsp3) is 0.750. The maximum absolute atomic E-state index is 6.25. The van der Waals surface area contributed by atoms with E-state index < -0.39 is 0 Å². The van der Waals surface area contributed by atoms with Crippen LogP contribution in [0.4, 0.5) is 0 Å². The molecule has 2 heterocycles. The monoisotopic (exact) mass is 280 g/mol. The maximum Gasteiger partial charge on any atom is 0.0504 e. The maximum atomic E-state index is 6.25. The van der Waals surface area contributed by atoms with Crippen molar-refractivity contribution >= 4 is 11.3 Å². The van der Waals surface area contributed by atoms with Crippen LogP contribution in [0.3, 0.4) is 0 Å². The zero-order valence-corrected chi connectivity index (χ0v) is 13.4.